The second-order valence-corrected chi connectivity index (χ2v) is 9.25. The van der Waals surface area contributed by atoms with Gasteiger partial charge in [0, 0.05) is 16.9 Å². The molecule has 0 saturated carbocycles. The van der Waals surface area contributed by atoms with Gasteiger partial charge in [-0.25, -0.2) is 4.79 Å². The van der Waals surface area contributed by atoms with Gasteiger partial charge in [-0.1, -0.05) is 0 Å². The first kappa shape index (κ1) is 29.1. The molecule has 3 aromatic rings. The van der Waals surface area contributed by atoms with E-state index in [-0.39, 0.29) is 23.2 Å². The van der Waals surface area contributed by atoms with Crippen LogP contribution in [-0.4, -0.2) is 17.6 Å². The number of hydrogen-bond donors (Lipinski definition) is 3. The maximum absolute atomic E-state index is 13.1. The lowest BCUT2D eigenvalue weighted by atomic mass is 10.0. The topological polar surface area (TPSA) is 103 Å². The van der Waals surface area contributed by atoms with Crippen molar-refractivity contribution in [2.24, 2.45) is 0 Å². The van der Waals surface area contributed by atoms with Crippen LogP contribution < -0.4 is 21.1 Å². The first-order valence-electron chi connectivity index (χ1n) is 11.2. The fourth-order valence-corrected chi connectivity index (χ4v) is 3.16. The number of halogens is 6. The van der Waals surface area contributed by atoms with E-state index in [0.717, 1.165) is 0 Å². The highest BCUT2D eigenvalue weighted by molar-refractivity contribution is 6.04. The quantitative estimate of drug-likeness (QED) is 0.221. The lowest BCUT2D eigenvalue weighted by molar-refractivity contribution is -0.143. The van der Waals surface area contributed by atoms with E-state index >= 15 is 0 Å². The predicted molar refractivity (Wildman–Crippen MR) is 132 cm³/mol. The molecule has 0 aromatic heterocycles. The van der Waals surface area contributed by atoms with Gasteiger partial charge in [-0.15, -0.1) is 0 Å². The van der Waals surface area contributed by atoms with Gasteiger partial charge in [-0.3, -0.25) is 10.1 Å². The second kappa shape index (κ2) is 10.8. The molecule has 0 unspecified atom stereocenters. The summed E-state index contributed by atoms with van der Waals surface area (Å²) in [4.78, 5) is 24.3. The van der Waals surface area contributed by atoms with Crippen molar-refractivity contribution >= 4 is 29.1 Å². The minimum absolute atomic E-state index is 0.00716. The van der Waals surface area contributed by atoms with E-state index in [2.05, 4.69) is 10.6 Å². The molecule has 39 heavy (non-hydrogen) atoms. The summed E-state index contributed by atoms with van der Waals surface area (Å²) in [6, 6.07) is 10.6. The van der Waals surface area contributed by atoms with Gasteiger partial charge in [-0.05, 0) is 81.4 Å². The Morgan fingerprint density at radius 1 is 0.744 bits per heavy atom. The standard InChI is InChI=1S/C26H23F6N3O4/c1-24(2,3)39-23(37)35-17-4-7-19(8-5-17)38-21-9-6-18(13-20(21)33)34-22(36)14-10-15(25(27,28)29)12-16(11-14)26(30,31)32/h4-13H,33H2,1-3H3,(H,34,36)(H,35,37). The van der Waals surface area contributed by atoms with Gasteiger partial charge in [-0.2, -0.15) is 26.3 Å². The smallest absolute Gasteiger partial charge is 0.416 e. The number of anilines is 3. The van der Waals surface area contributed by atoms with Crippen LogP contribution in [0.5, 0.6) is 11.5 Å². The molecule has 4 N–H and O–H groups in total. The predicted octanol–water partition coefficient (Wildman–Crippen LogP) is 7.70. The minimum atomic E-state index is -5.09. The Morgan fingerprint density at radius 3 is 1.77 bits per heavy atom. The van der Waals surface area contributed by atoms with Crippen molar-refractivity contribution in [1.29, 1.82) is 0 Å². The van der Waals surface area contributed by atoms with Crippen molar-refractivity contribution in [3.05, 3.63) is 77.4 Å². The number of benzene rings is 3. The Balaban J connectivity index is 1.71. The van der Waals surface area contributed by atoms with Gasteiger partial charge < -0.3 is 20.5 Å². The van der Waals surface area contributed by atoms with E-state index < -0.39 is 46.6 Å². The Hall–Kier alpha value is -4.42. The summed E-state index contributed by atoms with van der Waals surface area (Å²) in [5.41, 5.74) is 1.68. The van der Waals surface area contributed by atoms with Crippen LogP contribution in [0.2, 0.25) is 0 Å². The maximum atomic E-state index is 13.1. The monoisotopic (exact) mass is 555 g/mol. The lowest BCUT2D eigenvalue weighted by Gasteiger charge is -2.19. The van der Waals surface area contributed by atoms with Crippen LogP contribution in [0.1, 0.15) is 42.3 Å². The highest BCUT2D eigenvalue weighted by Gasteiger charge is 2.37. The van der Waals surface area contributed by atoms with Gasteiger partial charge in [0.15, 0.2) is 0 Å². The summed E-state index contributed by atoms with van der Waals surface area (Å²) >= 11 is 0. The maximum Gasteiger partial charge on any atom is 0.416 e. The molecule has 0 atom stereocenters. The highest BCUT2D eigenvalue weighted by atomic mass is 19.4. The molecule has 0 bridgehead atoms. The summed E-state index contributed by atoms with van der Waals surface area (Å²) in [6.45, 7) is 5.17. The van der Waals surface area contributed by atoms with Gasteiger partial charge in [0.25, 0.3) is 5.91 Å². The Labute approximate surface area is 218 Å². The number of nitrogens with two attached hydrogens (primary N) is 1. The number of carbonyl (C=O) groups is 2. The number of alkyl halides is 6. The Morgan fingerprint density at radius 2 is 1.28 bits per heavy atom. The van der Waals surface area contributed by atoms with Gasteiger partial charge in [0.05, 0.1) is 16.8 Å². The lowest BCUT2D eigenvalue weighted by Crippen LogP contribution is -2.27. The third-order valence-corrected chi connectivity index (χ3v) is 4.84. The first-order chi connectivity index (χ1) is 17.9. The minimum Gasteiger partial charge on any atom is -0.455 e. The molecule has 3 rings (SSSR count). The van der Waals surface area contributed by atoms with E-state index in [1.807, 2.05) is 0 Å². The number of nitrogens with one attached hydrogen (secondary N) is 2. The molecule has 0 aliphatic heterocycles. The van der Waals surface area contributed by atoms with Crippen LogP contribution in [0.25, 0.3) is 0 Å². The zero-order valence-electron chi connectivity index (χ0n) is 20.8. The highest BCUT2D eigenvalue weighted by Crippen LogP contribution is 2.37. The molecule has 0 radical (unpaired) electrons. The van der Waals surface area contributed by atoms with Crippen LogP contribution >= 0.6 is 0 Å². The molecule has 0 saturated heterocycles. The molecule has 2 amide bonds. The molecule has 0 spiro atoms. The van der Waals surface area contributed by atoms with Crippen LogP contribution in [0.3, 0.4) is 0 Å². The summed E-state index contributed by atoms with van der Waals surface area (Å²) in [5, 5.41) is 4.78. The van der Waals surface area contributed by atoms with E-state index in [1.165, 1.54) is 30.3 Å². The summed E-state index contributed by atoms with van der Waals surface area (Å²) in [6.07, 6.45) is -10.8. The molecule has 0 heterocycles. The number of ether oxygens (including phenoxy) is 2. The second-order valence-electron chi connectivity index (χ2n) is 9.25. The first-order valence-corrected chi connectivity index (χ1v) is 11.2. The fraction of sp³-hybridized carbons (Fsp3) is 0.231. The van der Waals surface area contributed by atoms with E-state index in [0.29, 0.717) is 23.6 Å². The number of amides is 2. The molecule has 208 valence electrons. The van der Waals surface area contributed by atoms with Crippen LogP contribution in [-0.2, 0) is 17.1 Å². The number of carbonyl (C=O) groups excluding carboxylic acids is 2. The summed E-state index contributed by atoms with van der Waals surface area (Å²) in [7, 11) is 0. The third-order valence-electron chi connectivity index (χ3n) is 4.84. The Kier molecular flexibility index (Phi) is 8.03. The van der Waals surface area contributed by atoms with Gasteiger partial charge in [0.1, 0.15) is 17.1 Å². The van der Waals surface area contributed by atoms with E-state index in [1.54, 1.807) is 32.9 Å². The van der Waals surface area contributed by atoms with Gasteiger partial charge >= 0.3 is 18.4 Å². The fourth-order valence-electron chi connectivity index (χ4n) is 3.16. The third kappa shape index (κ3) is 8.28. The molecule has 7 nitrogen and oxygen atoms in total. The average Bonchev–Trinajstić information content (AvgIpc) is 2.79. The zero-order valence-corrected chi connectivity index (χ0v) is 20.8. The van der Waals surface area contributed by atoms with Crippen LogP contribution in [0.15, 0.2) is 60.7 Å². The van der Waals surface area contributed by atoms with Crippen LogP contribution in [0.4, 0.5) is 48.2 Å². The SMILES string of the molecule is CC(C)(C)OC(=O)Nc1ccc(Oc2ccc(NC(=O)c3cc(C(F)(F)F)cc(C(F)(F)F)c3)cc2N)cc1. The average molecular weight is 555 g/mol. The summed E-state index contributed by atoms with van der Waals surface area (Å²) < 4.78 is 89.3. The van der Waals surface area contributed by atoms with E-state index in [9.17, 15) is 35.9 Å². The van der Waals surface area contributed by atoms with Crippen molar-refractivity contribution in [2.45, 2.75) is 38.7 Å². The van der Waals surface area contributed by atoms with Crippen molar-refractivity contribution in [3.8, 4) is 11.5 Å². The molecular weight excluding hydrogens is 532 g/mol. The molecule has 0 aliphatic carbocycles. The molecular formula is C26H23F6N3O4. The number of rotatable bonds is 5. The summed E-state index contributed by atoms with van der Waals surface area (Å²) in [5.74, 6) is -0.719. The molecule has 13 heteroatoms. The van der Waals surface area contributed by atoms with Crippen molar-refractivity contribution < 1.29 is 45.4 Å². The molecule has 0 fully saturated rings. The molecule has 3 aromatic carbocycles. The van der Waals surface area contributed by atoms with Gasteiger partial charge in [0.2, 0.25) is 0 Å². The normalized spacial score (nSPS) is 12.0. The van der Waals surface area contributed by atoms with Crippen LogP contribution in [0, 0.1) is 0 Å². The Bertz CT molecular complexity index is 1330. The van der Waals surface area contributed by atoms with Crippen molar-refractivity contribution in [1.82, 2.24) is 0 Å². The largest absolute Gasteiger partial charge is 0.455 e. The van der Waals surface area contributed by atoms with Crippen molar-refractivity contribution in [3.63, 3.8) is 0 Å². The number of hydrogen-bond acceptors (Lipinski definition) is 5. The van der Waals surface area contributed by atoms with E-state index in [4.69, 9.17) is 15.2 Å². The molecule has 0 aliphatic rings. The number of nitrogen functional groups attached to an aromatic ring is 1. The zero-order chi connectivity index (χ0) is 29.2. The van der Waals surface area contributed by atoms with Crippen molar-refractivity contribution in [2.75, 3.05) is 16.4 Å².